The molecule has 1 aromatic heterocycles. The first-order valence-electron chi connectivity index (χ1n) is 5.61. The molecule has 0 saturated heterocycles. The van der Waals surface area contributed by atoms with Gasteiger partial charge < -0.3 is 5.11 Å². The molecule has 5 heteroatoms. The summed E-state index contributed by atoms with van der Waals surface area (Å²) in [5, 5.41) is 9.76. The normalized spacial score (nSPS) is 10.5. The molecule has 3 nitrogen and oxygen atoms in total. The van der Waals surface area contributed by atoms with Crippen molar-refractivity contribution in [3.63, 3.8) is 0 Å². The van der Waals surface area contributed by atoms with Gasteiger partial charge in [-0.1, -0.05) is 41.1 Å². The van der Waals surface area contributed by atoms with Crippen molar-refractivity contribution in [2.24, 2.45) is 0 Å². The van der Waals surface area contributed by atoms with Gasteiger partial charge in [0.25, 0.3) is 0 Å². The molecule has 0 aliphatic rings. The maximum atomic E-state index is 11.0. The van der Waals surface area contributed by atoms with E-state index in [1.165, 1.54) is 29.5 Å². The van der Waals surface area contributed by atoms with Gasteiger partial charge in [-0.3, -0.25) is 0 Å². The number of hydrogen-bond donors (Lipinski definition) is 1. The number of hydrogen-bond acceptors (Lipinski definition) is 3. The van der Waals surface area contributed by atoms with E-state index in [9.17, 15) is 4.79 Å². The summed E-state index contributed by atoms with van der Waals surface area (Å²) in [7, 11) is 0. The Morgan fingerprint density at radius 3 is 2.63 bits per heavy atom. The maximum Gasteiger partial charge on any atom is 0.335 e. The van der Waals surface area contributed by atoms with Crippen LogP contribution >= 0.6 is 23.4 Å². The second kappa shape index (κ2) is 5.63. The van der Waals surface area contributed by atoms with Crippen LogP contribution in [0.15, 0.2) is 40.3 Å². The van der Waals surface area contributed by atoms with Crippen molar-refractivity contribution in [1.82, 2.24) is 4.98 Å². The Hall–Kier alpha value is -1.52. The molecule has 0 amide bonds. The Bertz CT molecular complexity index is 643. The second-order valence-corrected chi connectivity index (χ2v) is 5.64. The Balaban J connectivity index is 2.35. The molecular formula is C14H12ClNO2S. The topological polar surface area (TPSA) is 50.2 Å². The summed E-state index contributed by atoms with van der Waals surface area (Å²) in [5.74, 6) is -1.01. The van der Waals surface area contributed by atoms with Crippen molar-refractivity contribution in [2.45, 2.75) is 23.8 Å². The number of carboxylic acids is 1. The third kappa shape index (κ3) is 3.49. The van der Waals surface area contributed by atoms with E-state index in [-0.39, 0.29) is 10.7 Å². The van der Waals surface area contributed by atoms with Crippen LogP contribution in [0, 0.1) is 13.8 Å². The van der Waals surface area contributed by atoms with Gasteiger partial charge in [0.15, 0.2) is 0 Å². The number of aromatic nitrogens is 1. The lowest BCUT2D eigenvalue weighted by Gasteiger charge is -2.07. The first-order chi connectivity index (χ1) is 8.95. The Kier molecular flexibility index (Phi) is 4.12. The third-order valence-electron chi connectivity index (χ3n) is 2.56. The number of pyridine rings is 1. The zero-order valence-corrected chi connectivity index (χ0v) is 12.0. The maximum absolute atomic E-state index is 11.0. The summed E-state index contributed by atoms with van der Waals surface area (Å²) in [6, 6.07) is 8.95. The van der Waals surface area contributed by atoms with Crippen LogP contribution in [-0.4, -0.2) is 16.1 Å². The molecule has 0 aliphatic heterocycles. The van der Waals surface area contributed by atoms with Gasteiger partial charge in [-0.25, -0.2) is 9.78 Å². The Labute approximate surface area is 120 Å². The van der Waals surface area contributed by atoms with Crippen LogP contribution in [0.3, 0.4) is 0 Å². The summed E-state index contributed by atoms with van der Waals surface area (Å²) in [6.45, 7) is 4.04. The van der Waals surface area contributed by atoms with Gasteiger partial charge in [0.05, 0.1) is 5.56 Å². The number of carbonyl (C=O) groups is 1. The molecule has 1 aromatic carbocycles. The zero-order chi connectivity index (χ0) is 14.0. The van der Waals surface area contributed by atoms with Crippen LogP contribution in [0.2, 0.25) is 5.15 Å². The van der Waals surface area contributed by atoms with Gasteiger partial charge >= 0.3 is 5.97 Å². The number of nitrogens with zero attached hydrogens (tertiary/aromatic N) is 1. The molecule has 0 atom stereocenters. The molecule has 0 spiro atoms. The van der Waals surface area contributed by atoms with E-state index in [1.807, 2.05) is 26.0 Å². The lowest BCUT2D eigenvalue weighted by atomic mass is 10.2. The van der Waals surface area contributed by atoms with Gasteiger partial charge in [0, 0.05) is 4.90 Å². The van der Waals surface area contributed by atoms with Crippen molar-refractivity contribution in [3.05, 3.63) is 52.2 Å². The minimum Gasteiger partial charge on any atom is -0.478 e. The largest absolute Gasteiger partial charge is 0.478 e. The zero-order valence-electron chi connectivity index (χ0n) is 10.5. The highest BCUT2D eigenvalue weighted by atomic mass is 35.5. The van der Waals surface area contributed by atoms with E-state index >= 15 is 0 Å². The van der Waals surface area contributed by atoms with Crippen molar-refractivity contribution < 1.29 is 9.90 Å². The van der Waals surface area contributed by atoms with E-state index < -0.39 is 5.97 Å². The van der Waals surface area contributed by atoms with E-state index in [2.05, 4.69) is 11.1 Å². The highest BCUT2D eigenvalue weighted by Crippen LogP contribution is 2.30. The molecular weight excluding hydrogens is 282 g/mol. The monoisotopic (exact) mass is 293 g/mol. The average molecular weight is 294 g/mol. The summed E-state index contributed by atoms with van der Waals surface area (Å²) in [4.78, 5) is 16.2. The molecule has 0 radical (unpaired) electrons. The summed E-state index contributed by atoms with van der Waals surface area (Å²) < 4.78 is 0. The van der Waals surface area contributed by atoms with Crippen molar-refractivity contribution in [1.29, 1.82) is 0 Å². The van der Waals surface area contributed by atoms with Crippen LogP contribution in [-0.2, 0) is 0 Å². The van der Waals surface area contributed by atoms with Crippen molar-refractivity contribution in [3.8, 4) is 0 Å². The number of carboxylic acid groups (broad SMARTS) is 1. The predicted molar refractivity (Wildman–Crippen MR) is 76.2 cm³/mol. The molecule has 1 heterocycles. The number of benzene rings is 1. The highest BCUT2D eigenvalue weighted by molar-refractivity contribution is 7.99. The molecule has 0 fully saturated rings. The standard InChI is InChI=1S/C14H12ClNO2S/c1-8-3-4-11(9(2)5-8)19-13-7-10(14(17)18)6-12(15)16-13/h3-7H,1-2H3,(H,17,18). The average Bonchev–Trinajstić information content (AvgIpc) is 2.32. The molecule has 0 unspecified atom stereocenters. The lowest BCUT2D eigenvalue weighted by Crippen LogP contribution is -1.97. The van der Waals surface area contributed by atoms with Gasteiger partial charge in [-0.15, -0.1) is 0 Å². The van der Waals surface area contributed by atoms with Crippen LogP contribution in [0.4, 0.5) is 0 Å². The second-order valence-electron chi connectivity index (χ2n) is 4.19. The molecule has 0 aliphatic carbocycles. The Morgan fingerprint density at radius 2 is 2.00 bits per heavy atom. The van der Waals surface area contributed by atoms with Gasteiger partial charge in [0.2, 0.25) is 0 Å². The predicted octanol–water partition coefficient (Wildman–Crippen LogP) is 4.20. The first kappa shape index (κ1) is 13.9. The van der Waals surface area contributed by atoms with Crippen LogP contribution in [0.5, 0.6) is 0 Å². The fourth-order valence-corrected chi connectivity index (χ4v) is 2.84. The van der Waals surface area contributed by atoms with Gasteiger partial charge in [-0.05, 0) is 37.6 Å². The molecule has 0 saturated carbocycles. The molecule has 2 aromatic rings. The number of rotatable bonds is 3. The summed E-state index contributed by atoms with van der Waals surface area (Å²) >= 11 is 7.25. The number of halogens is 1. The van der Waals surface area contributed by atoms with Crippen LogP contribution in [0.1, 0.15) is 21.5 Å². The van der Waals surface area contributed by atoms with Crippen LogP contribution in [0.25, 0.3) is 0 Å². The number of aryl methyl sites for hydroxylation is 2. The lowest BCUT2D eigenvalue weighted by molar-refractivity contribution is 0.0696. The highest BCUT2D eigenvalue weighted by Gasteiger charge is 2.09. The molecule has 0 bridgehead atoms. The van der Waals surface area contributed by atoms with Crippen LogP contribution < -0.4 is 0 Å². The van der Waals surface area contributed by atoms with Gasteiger partial charge in [-0.2, -0.15) is 0 Å². The fraction of sp³-hybridized carbons (Fsp3) is 0.143. The van der Waals surface area contributed by atoms with Crippen molar-refractivity contribution in [2.75, 3.05) is 0 Å². The van der Waals surface area contributed by atoms with E-state index in [1.54, 1.807) is 0 Å². The molecule has 1 N–H and O–H groups in total. The van der Waals surface area contributed by atoms with Crippen molar-refractivity contribution >= 4 is 29.3 Å². The minimum atomic E-state index is -1.01. The molecule has 98 valence electrons. The molecule has 19 heavy (non-hydrogen) atoms. The number of aromatic carboxylic acids is 1. The molecule has 2 rings (SSSR count). The summed E-state index contributed by atoms with van der Waals surface area (Å²) in [5.41, 5.74) is 2.46. The Morgan fingerprint density at radius 1 is 1.26 bits per heavy atom. The SMILES string of the molecule is Cc1ccc(Sc2cc(C(=O)O)cc(Cl)n2)c(C)c1. The van der Waals surface area contributed by atoms with E-state index in [0.717, 1.165) is 10.5 Å². The third-order valence-corrected chi connectivity index (χ3v) is 3.85. The first-order valence-corrected chi connectivity index (χ1v) is 6.81. The van der Waals surface area contributed by atoms with E-state index in [0.29, 0.717) is 5.03 Å². The smallest absolute Gasteiger partial charge is 0.335 e. The fourth-order valence-electron chi connectivity index (χ4n) is 1.68. The van der Waals surface area contributed by atoms with Gasteiger partial charge in [0.1, 0.15) is 10.2 Å². The quantitative estimate of drug-likeness (QED) is 0.862. The minimum absolute atomic E-state index is 0.146. The summed E-state index contributed by atoms with van der Waals surface area (Å²) in [6.07, 6.45) is 0. The van der Waals surface area contributed by atoms with E-state index in [4.69, 9.17) is 16.7 Å².